The van der Waals surface area contributed by atoms with E-state index in [1.165, 1.54) is 5.69 Å². The predicted octanol–water partition coefficient (Wildman–Crippen LogP) is 3.41. The van der Waals surface area contributed by atoms with Crippen LogP contribution in [0.2, 0.25) is 0 Å². The first-order chi connectivity index (χ1) is 8.90. The Morgan fingerprint density at radius 1 is 1.32 bits per heavy atom. The van der Waals surface area contributed by atoms with E-state index in [4.69, 9.17) is 0 Å². The maximum absolute atomic E-state index is 4.21. The fourth-order valence-electron chi connectivity index (χ4n) is 2.18. The van der Waals surface area contributed by atoms with Crippen LogP contribution in [0.25, 0.3) is 0 Å². The van der Waals surface area contributed by atoms with Crippen LogP contribution >= 0.6 is 0 Å². The summed E-state index contributed by atoms with van der Waals surface area (Å²) in [5, 5.41) is 11.9. The van der Waals surface area contributed by atoms with E-state index in [0.29, 0.717) is 17.4 Å². The lowest BCUT2D eigenvalue weighted by Gasteiger charge is -2.31. The van der Waals surface area contributed by atoms with E-state index in [1.807, 2.05) is 10.9 Å². The molecule has 110 valence electrons. The minimum absolute atomic E-state index is 0.330. The van der Waals surface area contributed by atoms with Gasteiger partial charge in [0, 0.05) is 6.54 Å². The van der Waals surface area contributed by atoms with Gasteiger partial charge >= 0.3 is 0 Å². The van der Waals surface area contributed by atoms with Crippen molar-refractivity contribution in [2.75, 3.05) is 6.54 Å². The Labute approximate surface area is 118 Å². The minimum Gasteiger partial charge on any atom is -0.309 e. The molecule has 4 nitrogen and oxygen atoms in total. The number of hydrogen-bond acceptors (Lipinski definition) is 3. The quantitative estimate of drug-likeness (QED) is 0.822. The van der Waals surface area contributed by atoms with Crippen LogP contribution in [0.3, 0.4) is 0 Å². The van der Waals surface area contributed by atoms with Crippen LogP contribution < -0.4 is 5.32 Å². The van der Waals surface area contributed by atoms with Gasteiger partial charge in [0.2, 0.25) is 0 Å². The van der Waals surface area contributed by atoms with Crippen molar-refractivity contribution in [2.45, 2.75) is 67.0 Å². The normalized spacial score (nSPS) is 15.5. The van der Waals surface area contributed by atoms with Gasteiger partial charge in [-0.3, -0.25) is 0 Å². The molecule has 2 unspecified atom stereocenters. The van der Waals surface area contributed by atoms with Crippen molar-refractivity contribution in [3.63, 3.8) is 0 Å². The maximum Gasteiger partial charge on any atom is 0.0756 e. The number of rotatable bonds is 7. The Morgan fingerprint density at radius 3 is 2.53 bits per heavy atom. The lowest BCUT2D eigenvalue weighted by molar-refractivity contribution is 0.220. The van der Waals surface area contributed by atoms with Crippen LogP contribution in [0.15, 0.2) is 6.20 Å². The molecule has 0 bridgehead atoms. The highest BCUT2D eigenvalue weighted by Gasteiger charge is 2.25. The summed E-state index contributed by atoms with van der Waals surface area (Å²) in [4.78, 5) is 0. The molecule has 1 aromatic heterocycles. The van der Waals surface area contributed by atoms with Gasteiger partial charge in [-0.2, -0.15) is 0 Å². The largest absolute Gasteiger partial charge is 0.309 e. The second kappa shape index (κ2) is 7.04. The molecule has 1 N–H and O–H groups in total. The van der Waals surface area contributed by atoms with Gasteiger partial charge in [-0.25, -0.2) is 4.68 Å². The van der Waals surface area contributed by atoms with Crippen molar-refractivity contribution in [3.05, 3.63) is 11.9 Å². The van der Waals surface area contributed by atoms with Crippen LogP contribution in [0.5, 0.6) is 0 Å². The minimum atomic E-state index is 0.330. The van der Waals surface area contributed by atoms with Gasteiger partial charge in [-0.15, -0.1) is 5.10 Å². The fraction of sp³-hybridized carbons (Fsp3) is 0.867. The predicted molar refractivity (Wildman–Crippen MR) is 80.0 cm³/mol. The van der Waals surface area contributed by atoms with Crippen LogP contribution in [0.4, 0.5) is 0 Å². The van der Waals surface area contributed by atoms with E-state index < -0.39 is 0 Å². The molecule has 1 rings (SSSR count). The molecule has 0 saturated carbocycles. The van der Waals surface area contributed by atoms with Gasteiger partial charge in [-0.1, -0.05) is 46.8 Å². The van der Waals surface area contributed by atoms with Crippen LogP contribution in [0, 0.1) is 11.3 Å². The van der Waals surface area contributed by atoms with Gasteiger partial charge in [0.05, 0.1) is 17.9 Å². The summed E-state index contributed by atoms with van der Waals surface area (Å²) in [7, 11) is 0. The van der Waals surface area contributed by atoms with Crippen LogP contribution in [-0.4, -0.2) is 21.5 Å². The molecule has 0 radical (unpaired) electrons. The van der Waals surface area contributed by atoms with Gasteiger partial charge in [0.15, 0.2) is 0 Å². The van der Waals surface area contributed by atoms with E-state index in [1.54, 1.807) is 0 Å². The highest BCUT2D eigenvalue weighted by atomic mass is 15.4. The van der Waals surface area contributed by atoms with E-state index in [-0.39, 0.29) is 0 Å². The number of aryl methyl sites for hydroxylation is 1. The molecule has 19 heavy (non-hydrogen) atoms. The first kappa shape index (κ1) is 16.2. The summed E-state index contributed by atoms with van der Waals surface area (Å²) in [6, 6.07) is 0.348. The Morgan fingerprint density at radius 2 is 2.00 bits per heavy atom. The second-order valence-electron chi connectivity index (χ2n) is 6.50. The molecule has 1 aromatic rings. The first-order valence-corrected chi connectivity index (χ1v) is 7.51. The highest BCUT2D eigenvalue weighted by Crippen LogP contribution is 2.33. The molecule has 0 aromatic carbocycles. The van der Waals surface area contributed by atoms with Crippen molar-refractivity contribution in [1.29, 1.82) is 0 Å². The van der Waals surface area contributed by atoms with Crippen molar-refractivity contribution >= 4 is 0 Å². The molecular weight excluding hydrogens is 236 g/mol. The third-order valence-electron chi connectivity index (χ3n) is 3.96. The fourth-order valence-corrected chi connectivity index (χ4v) is 2.18. The average Bonchev–Trinajstić information content (AvgIpc) is 2.76. The summed E-state index contributed by atoms with van der Waals surface area (Å²) in [5.74, 6) is 0.640. The van der Waals surface area contributed by atoms with Crippen molar-refractivity contribution < 1.29 is 0 Å². The molecule has 0 fully saturated rings. The monoisotopic (exact) mass is 266 g/mol. The van der Waals surface area contributed by atoms with E-state index in [0.717, 1.165) is 25.9 Å². The summed E-state index contributed by atoms with van der Waals surface area (Å²) in [6.07, 6.45) is 4.12. The van der Waals surface area contributed by atoms with Crippen molar-refractivity contribution in [3.8, 4) is 0 Å². The summed E-state index contributed by atoms with van der Waals surface area (Å²) >= 11 is 0. The molecule has 2 atom stereocenters. The SMILES string of the molecule is CCCn1nncc1C(CC(C)C(C)(C)C)NCC. The van der Waals surface area contributed by atoms with Crippen molar-refractivity contribution in [1.82, 2.24) is 20.3 Å². The second-order valence-corrected chi connectivity index (χ2v) is 6.50. The average molecular weight is 266 g/mol. The number of aromatic nitrogens is 3. The Kier molecular flexibility index (Phi) is 5.98. The molecule has 0 aliphatic heterocycles. The third-order valence-corrected chi connectivity index (χ3v) is 3.96. The Bertz CT molecular complexity index is 364. The van der Waals surface area contributed by atoms with E-state index in [2.05, 4.69) is 57.2 Å². The van der Waals surface area contributed by atoms with Gasteiger partial charge in [0.25, 0.3) is 0 Å². The maximum atomic E-state index is 4.21. The molecule has 1 heterocycles. The molecular formula is C15H30N4. The number of nitrogens with one attached hydrogen (secondary N) is 1. The molecule has 0 saturated heterocycles. The zero-order chi connectivity index (χ0) is 14.5. The third kappa shape index (κ3) is 4.60. The smallest absolute Gasteiger partial charge is 0.0756 e. The van der Waals surface area contributed by atoms with Gasteiger partial charge < -0.3 is 5.32 Å². The molecule has 4 heteroatoms. The highest BCUT2D eigenvalue weighted by molar-refractivity contribution is 5.03. The number of nitrogens with zero attached hydrogens (tertiary/aromatic N) is 3. The number of hydrogen-bond donors (Lipinski definition) is 1. The molecule has 0 spiro atoms. The Hall–Kier alpha value is -0.900. The van der Waals surface area contributed by atoms with Gasteiger partial charge in [0.1, 0.15) is 0 Å². The standard InChI is InChI=1S/C15H30N4/c1-7-9-19-14(11-17-18-19)13(16-8-2)10-12(3)15(4,5)6/h11-13,16H,7-10H2,1-6H3. The van der Waals surface area contributed by atoms with Crippen LogP contribution in [0.1, 0.15) is 66.1 Å². The van der Waals surface area contributed by atoms with E-state index in [9.17, 15) is 0 Å². The van der Waals surface area contributed by atoms with Gasteiger partial charge in [-0.05, 0) is 30.7 Å². The molecule has 0 aliphatic rings. The lowest BCUT2D eigenvalue weighted by Crippen LogP contribution is -2.29. The topological polar surface area (TPSA) is 42.7 Å². The van der Waals surface area contributed by atoms with E-state index >= 15 is 0 Å². The Balaban J connectivity index is 2.84. The molecule has 0 amide bonds. The lowest BCUT2D eigenvalue weighted by atomic mass is 9.78. The summed E-state index contributed by atoms with van der Waals surface area (Å²) < 4.78 is 2.04. The van der Waals surface area contributed by atoms with Crippen LogP contribution in [-0.2, 0) is 6.54 Å². The zero-order valence-corrected chi connectivity index (χ0v) is 13.4. The van der Waals surface area contributed by atoms with Crippen molar-refractivity contribution in [2.24, 2.45) is 11.3 Å². The first-order valence-electron chi connectivity index (χ1n) is 7.51. The summed E-state index contributed by atoms with van der Waals surface area (Å²) in [6.45, 7) is 15.5. The molecule has 0 aliphatic carbocycles. The zero-order valence-electron chi connectivity index (χ0n) is 13.4. The summed E-state index contributed by atoms with van der Waals surface area (Å²) in [5.41, 5.74) is 1.55.